The lowest BCUT2D eigenvalue weighted by Crippen LogP contribution is -2.41. The molecule has 1 amide bonds. The summed E-state index contributed by atoms with van der Waals surface area (Å²) in [5, 5.41) is 0.772. The first-order chi connectivity index (χ1) is 9.58. The van der Waals surface area contributed by atoms with Gasteiger partial charge >= 0.3 is 0 Å². The minimum atomic E-state index is 0.0301. The van der Waals surface area contributed by atoms with Crippen LogP contribution in [0.2, 0.25) is 0 Å². The highest BCUT2D eigenvalue weighted by atomic mass is 79.9. The van der Waals surface area contributed by atoms with E-state index in [1.54, 1.807) is 7.11 Å². The first-order valence-electron chi connectivity index (χ1n) is 6.79. The van der Waals surface area contributed by atoms with Gasteiger partial charge in [0, 0.05) is 22.4 Å². The molecule has 0 saturated heterocycles. The van der Waals surface area contributed by atoms with E-state index in [2.05, 4.69) is 45.7 Å². The van der Waals surface area contributed by atoms with E-state index in [9.17, 15) is 4.79 Å². The topological polar surface area (TPSA) is 29.5 Å². The fourth-order valence-electron chi connectivity index (χ4n) is 2.27. The van der Waals surface area contributed by atoms with E-state index in [4.69, 9.17) is 4.74 Å². The van der Waals surface area contributed by atoms with Crippen molar-refractivity contribution in [1.82, 2.24) is 4.90 Å². The summed E-state index contributed by atoms with van der Waals surface area (Å²) in [6.45, 7) is 4.92. The van der Waals surface area contributed by atoms with E-state index in [1.807, 2.05) is 23.1 Å². The number of benzene rings is 1. The van der Waals surface area contributed by atoms with Gasteiger partial charge in [0.2, 0.25) is 0 Å². The molecule has 0 heterocycles. The maximum atomic E-state index is 12.8. The van der Waals surface area contributed by atoms with Gasteiger partial charge in [-0.15, -0.1) is 0 Å². The van der Waals surface area contributed by atoms with Crippen LogP contribution in [0.15, 0.2) is 22.7 Å². The van der Waals surface area contributed by atoms with E-state index in [-0.39, 0.29) is 11.9 Å². The molecule has 0 bridgehead atoms. The number of methoxy groups -OCH3 is 1. The average Bonchev–Trinajstić information content (AvgIpc) is 2.46. The van der Waals surface area contributed by atoms with E-state index in [1.165, 1.54) is 0 Å². The SMILES string of the molecule is CCC(CC)N(CCBr)C(=O)c1ccc(Br)cc1OC. The number of hydrogen-bond donors (Lipinski definition) is 0. The number of halogens is 2. The summed E-state index contributed by atoms with van der Waals surface area (Å²) in [5.41, 5.74) is 0.614. The van der Waals surface area contributed by atoms with Gasteiger partial charge in [0.25, 0.3) is 5.91 Å². The smallest absolute Gasteiger partial charge is 0.257 e. The quantitative estimate of drug-likeness (QED) is 0.624. The molecule has 0 aliphatic carbocycles. The fourth-order valence-corrected chi connectivity index (χ4v) is 2.99. The summed E-state index contributed by atoms with van der Waals surface area (Å²) < 4.78 is 6.24. The van der Waals surface area contributed by atoms with Crippen LogP contribution in [0.1, 0.15) is 37.0 Å². The molecule has 1 rings (SSSR count). The van der Waals surface area contributed by atoms with Crippen molar-refractivity contribution >= 4 is 37.8 Å². The Labute approximate surface area is 137 Å². The average molecular weight is 407 g/mol. The molecule has 0 saturated carbocycles. The van der Waals surface area contributed by atoms with Gasteiger partial charge in [0.1, 0.15) is 5.75 Å². The minimum absolute atomic E-state index is 0.0301. The third kappa shape index (κ3) is 4.22. The number of ether oxygens (including phenoxy) is 1. The zero-order valence-corrected chi connectivity index (χ0v) is 15.3. The predicted octanol–water partition coefficient (Wildman–Crippen LogP) is 4.48. The summed E-state index contributed by atoms with van der Waals surface area (Å²) in [7, 11) is 1.59. The van der Waals surface area contributed by atoms with Crippen LogP contribution in [0.5, 0.6) is 5.75 Å². The van der Waals surface area contributed by atoms with Gasteiger partial charge in [-0.2, -0.15) is 0 Å². The van der Waals surface area contributed by atoms with Crippen molar-refractivity contribution < 1.29 is 9.53 Å². The maximum Gasteiger partial charge on any atom is 0.257 e. The van der Waals surface area contributed by atoms with Crippen molar-refractivity contribution in [3.63, 3.8) is 0 Å². The second-order valence-corrected chi connectivity index (χ2v) is 6.21. The molecule has 0 aromatic heterocycles. The largest absolute Gasteiger partial charge is 0.496 e. The molecule has 0 aliphatic rings. The lowest BCUT2D eigenvalue weighted by molar-refractivity contribution is 0.0679. The molecule has 0 spiro atoms. The van der Waals surface area contributed by atoms with Crippen molar-refractivity contribution in [2.75, 3.05) is 19.0 Å². The Morgan fingerprint density at radius 2 is 2.00 bits per heavy atom. The van der Waals surface area contributed by atoms with Gasteiger partial charge < -0.3 is 9.64 Å². The summed E-state index contributed by atoms with van der Waals surface area (Å²) in [6.07, 6.45) is 1.90. The highest BCUT2D eigenvalue weighted by molar-refractivity contribution is 9.10. The molecule has 5 heteroatoms. The molecule has 1 aromatic rings. The summed E-state index contributed by atoms with van der Waals surface area (Å²) in [5.74, 6) is 0.636. The molecule has 0 radical (unpaired) electrons. The Bertz CT molecular complexity index is 447. The van der Waals surface area contributed by atoms with Gasteiger partial charge in [0.15, 0.2) is 0 Å². The maximum absolute atomic E-state index is 12.8. The van der Waals surface area contributed by atoms with E-state index in [0.717, 1.165) is 22.6 Å². The molecule has 0 N–H and O–H groups in total. The minimum Gasteiger partial charge on any atom is -0.496 e. The third-order valence-electron chi connectivity index (χ3n) is 3.36. The zero-order chi connectivity index (χ0) is 15.1. The van der Waals surface area contributed by atoms with Crippen LogP contribution in [0.25, 0.3) is 0 Å². The summed E-state index contributed by atoms with van der Waals surface area (Å²) in [4.78, 5) is 14.7. The Morgan fingerprint density at radius 1 is 1.35 bits per heavy atom. The number of nitrogens with zero attached hydrogens (tertiary/aromatic N) is 1. The van der Waals surface area contributed by atoms with Crippen LogP contribution in [-0.2, 0) is 0 Å². The Hall–Kier alpha value is -0.550. The van der Waals surface area contributed by atoms with Gasteiger partial charge in [-0.3, -0.25) is 4.79 Å². The van der Waals surface area contributed by atoms with Crippen molar-refractivity contribution in [1.29, 1.82) is 0 Å². The second kappa shape index (κ2) is 8.67. The van der Waals surface area contributed by atoms with Gasteiger partial charge in [0.05, 0.1) is 12.7 Å². The van der Waals surface area contributed by atoms with Gasteiger partial charge in [-0.05, 0) is 31.0 Å². The summed E-state index contributed by atoms with van der Waals surface area (Å²) >= 11 is 6.83. The second-order valence-electron chi connectivity index (χ2n) is 4.50. The van der Waals surface area contributed by atoms with Crippen LogP contribution in [0.3, 0.4) is 0 Å². The zero-order valence-electron chi connectivity index (χ0n) is 12.2. The number of rotatable bonds is 7. The number of hydrogen-bond acceptors (Lipinski definition) is 2. The Kier molecular flexibility index (Phi) is 7.59. The molecular formula is C15H21Br2NO2. The lowest BCUT2D eigenvalue weighted by Gasteiger charge is -2.30. The first kappa shape index (κ1) is 17.5. The number of carbonyl (C=O) groups excluding carboxylic acids is 1. The molecule has 0 aliphatic heterocycles. The number of carbonyl (C=O) groups is 1. The standard InChI is InChI=1S/C15H21Br2NO2/c1-4-12(5-2)18(9-8-16)15(19)13-7-6-11(17)10-14(13)20-3/h6-7,10,12H,4-5,8-9H2,1-3H3. The molecule has 112 valence electrons. The Morgan fingerprint density at radius 3 is 2.50 bits per heavy atom. The monoisotopic (exact) mass is 405 g/mol. The highest BCUT2D eigenvalue weighted by Gasteiger charge is 2.24. The van der Waals surface area contributed by atoms with Crippen molar-refractivity contribution in [2.45, 2.75) is 32.7 Å². The number of alkyl halides is 1. The van der Waals surface area contributed by atoms with Crippen LogP contribution in [0, 0.1) is 0 Å². The molecule has 0 unspecified atom stereocenters. The fraction of sp³-hybridized carbons (Fsp3) is 0.533. The van der Waals surface area contributed by atoms with Crippen LogP contribution >= 0.6 is 31.9 Å². The van der Waals surface area contributed by atoms with Crippen molar-refractivity contribution in [2.24, 2.45) is 0 Å². The summed E-state index contributed by atoms with van der Waals surface area (Å²) in [6, 6.07) is 5.77. The van der Waals surface area contributed by atoms with E-state index < -0.39 is 0 Å². The van der Waals surface area contributed by atoms with E-state index >= 15 is 0 Å². The van der Waals surface area contributed by atoms with Gasteiger partial charge in [-0.25, -0.2) is 0 Å². The van der Waals surface area contributed by atoms with Crippen LogP contribution in [0.4, 0.5) is 0 Å². The molecule has 3 nitrogen and oxygen atoms in total. The Balaban J connectivity index is 3.11. The normalized spacial score (nSPS) is 10.7. The van der Waals surface area contributed by atoms with Crippen molar-refractivity contribution in [3.8, 4) is 5.75 Å². The lowest BCUT2D eigenvalue weighted by atomic mass is 10.1. The molecular weight excluding hydrogens is 386 g/mol. The van der Waals surface area contributed by atoms with E-state index in [0.29, 0.717) is 17.9 Å². The van der Waals surface area contributed by atoms with Crippen molar-refractivity contribution in [3.05, 3.63) is 28.2 Å². The molecule has 0 atom stereocenters. The van der Waals surface area contributed by atoms with Crippen LogP contribution in [-0.4, -0.2) is 35.8 Å². The van der Waals surface area contributed by atoms with Gasteiger partial charge in [-0.1, -0.05) is 45.7 Å². The third-order valence-corrected chi connectivity index (χ3v) is 4.21. The molecule has 1 aromatic carbocycles. The molecule has 20 heavy (non-hydrogen) atoms. The van der Waals surface area contributed by atoms with Crippen LogP contribution < -0.4 is 4.74 Å². The first-order valence-corrected chi connectivity index (χ1v) is 8.70. The number of amides is 1. The highest BCUT2D eigenvalue weighted by Crippen LogP contribution is 2.26. The molecule has 0 fully saturated rings. The predicted molar refractivity (Wildman–Crippen MR) is 89.9 cm³/mol.